The van der Waals surface area contributed by atoms with Gasteiger partial charge in [0.2, 0.25) is 5.91 Å². The first-order chi connectivity index (χ1) is 7.61. The van der Waals surface area contributed by atoms with Gasteiger partial charge in [-0.05, 0) is 6.42 Å². The van der Waals surface area contributed by atoms with Crippen LogP contribution in [-0.4, -0.2) is 43.1 Å². The molecule has 1 atom stereocenters. The largest absolute Gasteiger partial charge is 0.468 e. The maximum atomic E-state index is 11.3. The number of thioether (sulfide) groups is 1. The summed E-state index contributed by atoms with van der Waals surface area (Å²) < 4.78 is 4.48. The van der Waals surface area contributed by atoms with Crippen molar-refractivity contribution in [1.29, 1.82) is 0 Å². The summed E-state index contributed by atoms with van der Waals surface area (Å²) in [5, 5.41) is 2.72. The maximum absolute atomic E-state index is 11.3. The van der Waals surface area contributed by atoms with Crippen LogP contribution in [0.3, 0.4) is 0 Å². The lowest BCUT2D eigenvalue weighted by atomic mass is 10.2. The highest BCUT2D eigenvalue weighted by Crippen LogP contribution is 1.99. The molecular weight excluding hydrogens is 264 g/mol. The molecule has 0 aliphatic heterocycles. The smallest absolute Gasteiger partial charge is 0.315 e. The Labute approximate surface area is 113 Å². The van der Waals surface area contributed by atoms with E-state index >= 15 is 0 Å². The quantitative estimate of drug-likeness (QED) is 0.503. The van der Waals surface area contributed by atoms with Crippen molar-refractivity contribution in [1.82, 2.24) is 5.32 Å². The topological polar surface area (TPSA) is 81.4 Å². The van der Waals surface area contributed by atoms with Crippen LogP contribution in [0.4, 0.5) is 0 Å². The van der Waals surface area contributed by atoms with Crippen LogP contribution in [0, 0.1) is 0 Å². The molecule has 0 aliphatic carbocycles. The minimum atomic E-state index is -0.421. The van der Waals surface area contributed by atoms with Gasteiger partial charge in [0.15, 0.2) is 0 Å². The van der Waals surface area contributed by atoms with Gasteiger partial charge in [-0.2, -0.15) is 0 Å². The van der Waals surface area contributed by atoms with Crippen molar-refractivity contribution in [2.24, 2.45) is 5.73 Å². The zero-order valence-electron chi connectivity index (χ0n) is 10.2. The summed E-state index contributed by atoms with van der Waals surface area (Å²) in [6.45, 7) is 2.51. The highest BCUT2D eigenvalue weighted by atomic mass is 35.5. The zero-order chi connectivity index (χ0) is 12.4. The highest BCUT2D eigenvalue weighted by molar-refractivity contribution is 7.99. The number of hydrogen-bond donors (Lipinski definition) is 2. The Hall–Kier alpha value is -0.460. The average molecular weight is 285 g/mol. The molecule has 0 heterocycles. The summed E-state index contributed by atoms with van der Waals surface area (Å²) in [5.74, 6) is 0.618. The van der Waals surface area contributed by atoms with E-state index in [0.717, 1.165) is 6.42 Å². The third-order valence-corrected chi connectivity index (χ3v) is 2.86. The number of nitrogens with two attached hydrogens (primary N) is 1. The summed E-state index contributed by atoms with van der Waals surface area (Å²) >= 11 is 1.42. The fourth-order valence-electron chi connectivity index (χ4n) is 1.03. The van der Waals surface area contributed by atoms with Gasteiger partial charge in [0.25, 0.3) is 0 Å². The molecule has 7 heteroatoms. The molecule has 3 N–H and O–H groups in total. The fraction of sp³-hybridized carbons (Fsp3) is 0.800. The Morgan fingerprint density at radius 3 is 2.65 bits per heavy atom. The van der Waals surface area contributed by atoms with Crippen LogP contribution in [0.5, 0.6) is 0 Å². The molecule has 0 radical (unpaired) electrons. The molecule has 0 spiro atoms. The van der Waals surface area contributed by atoms with Gasteiger partial charge in [-0.3, -0.25) is 9.59 Å². The van der Waals surface area contributed by atoms with Crippen molar-refractivity contribution in [3.63, 3.8) is 0 Å². The first-order valence-corrected chi connectivity index (χ1v) is 6.45. The molecule has 102 valence electrons. The van der Waals surface area contributed by atoms with Gasteiger partial charge >= 0.3 is 5.97 Å². The number of methoxy groups -OCH3 is 1. The van der Waals surface area contributed by atoms with E-state index in [0.29, 0.717) is 24.5 Å². The Balaban J connectivity index is 0. The number of nitrogens with one attached hydrogen (secondary N) is 1. The van der Waals surface area contributed by atoms with Crippen molar-refractivity contribution in [3.8, 4) is 0 Å². The first-order valence-electron chi connectivity index (χ1n) is 5.29. The van der Waals surface area contributed by atoms with Crippen LogP contribution in [-0.2, 0) is 14.3 Å². The molecule has 1 unspecified atom stereocenters. The lowest BCUT2D eigenvalue weighted by Gasteiger charge is -2.10. The Morgan fingerprint density at radius 1 is 1.47 bits per heavy atom. The van der Waals surface area contributed by atoms with Crippen LogP contribution in [0.2, 0.25) is 0 Å². The number of carbonyl (C=O) groups is 2. The molecule has 0 aliphatic rings. The highest BCUT2D eigenvalue weighted by Gasteiger charge is 2.10. The van der Waals surface area contributed by atoms with Gasteiger partial charge in [0, 0.05) is 12.3 Å². The SMILES string of the molecule is CCCC(N)C(=O)NCCSCC(=O)OC.Cl. The molecule has 0 rings (SSSR count). The third kappa shape index (κ3) is 10.4. The lowest BCUT2D eigenvalue weighted by Crippen LogP contribution is -2.41. The molecule has 0 aromatic carbocycles. The van der Waals surface area contributed by atoms with Gasteiger partial charge in [0.05, 0.1) is 18.9 Å². The fourth-order valence-corrected chi connectivity index (χ4v) is 1.71. The van der Waals surface area contributed by atoms with E-state index in [4.69, 9.17) is 5.73 Å². The van der Waals surface area contributed by atoms with Crippen LogP contribution in [0.25, 0.3) is 0 Å². The van der Waals surface area contributed by atoms with Gasteiger partial charge in [-0.1, -0.05) is 13.3 Å². The van der Waals surface area contributed by atoms with Gasteiger partial charge < -0.3 is 15.8 Å². The standard InChI is InChI=1S/C10H20N2O3S.ClH/c1-3-4-8(11)10(14)12-5-6-16-7-9(13)15-2;/h8H,3-7,11H2,1-2H3,(H,12,14);1H. The molecule has 0 bridgehead atoms. The van der Waals surface area contributed by atoms with Crippen LogP contribution in [0.15, 0.2) is 0 Å². The third-order valence-electron chi connectivity index (χ3n) is 1.93. The second-order valence-corrected chi connectivity index (χ2v) is 4.42. The Kier molecular flexibility index (Phi) is 13.3. The summed E-state index contributed by atoms with van der Waals surface area (Å²) in [7, 11) is 1.36. The van der Waals surface area contributed by atoms with Crippen LogP contribution in [0.1, 0.15) is 19.8 Å². The van der Waals surface area contributed by atoms with Crippen molar-refractivity contribution >= 4 is 36.0 Å². The summed E-state index contributed by atoms with van der Waals surface area (Å²) in [6, 6.07) is -0.421. The second kappa shape index (κ2) is 12.0. The zero-order valence-corrected chi connectivity index (χ0v) is 11.9. The van der Waals surface area contributed by atoms with E-state index in [1.807, 2.05) is 6.92 Å². The predicted molar refractivity (Wildman–Crippen MR) is 72.5 cm³/mol. The molecule has 17 heavy (non-hydrogen) atoms. The minimum absolute atomic E-state index is 0. The number of hydrogen-bond acceptors (Lipinski definition) is 5. The van der Waals surface area contributed by atoms with E-state index in [1.54, 1.807) is 0 Å². The molecule has 0 aromatic rings. The molecule has 1 amide bonds. The van der Waals surface area contributed by atoms with Crippen molar-refractivity contribution in [2.75, 3.05) is 25.2 Å². The van der Waals surface area contributed by atoms with Crippen LogP contribution < -0.4 is 11.1 Å². The maximum Gasteiger partial charge on any atom is 0.315 e. The number of amides is 1. The number of carbonyl (C=O) groups excluding carboxylic acids is 2. The second-order valence-electron chi connectivity index (χ2n) is 3.31. The van der Waals surface area contributed by atoms with Gasteiger partial charge in [0.1, 0.15) is 0 Å². The van der Waals surface area contributed by atoms with Gasteiger partial charge in [-0.25, -0.2) is 0 Å². The molecule has 0 saturated carbocycles. The molecule has 5 nitrogen and oxygen atoms in total. The predicted octanol–water partition coefficient (Wildman–Crippen LogP) is 0.558. The Morgan fingerprint density at radius 2 is 2.12 bits per heavy atom. The van der Waals surface area contributed by atoms with E-state index < -0.39 is 6.04 Å². The van der Waals surface area contributed by atoms with Gasteiger partial charge in [-0.15, -0.1) is 24.2 Å². The first kappa shape index (κ1) is 18.9. The van der Waals surface area contributed by atoms with Crippen molar-refractivity contribution in [2.45, 2.75) is 25.8 Å². The normalized spacial score (nSPS) is 11.2. The summed E-state index contributed by atoms with van der Waals surface area (Å²) in [5.41, 5.74) is 5.62. The summed E-state index contributed by atoms with van der Waals surface area (Å²) in [6.07, 6.45) is 1.59. The van der Waals surface area contributed by atoms with E-state index in [1.165, 1.54) is 18.9 Å². The lowest BCUT2D eigenvalue weighted by molar-refractivity contribution is -0.137. The number of ether oxygens (including phenoxy) is 1. The molecular formula is C10H21ClN2O3S. The number of halogens is 1. The minimum Gasteiger partial charge on any atom is -0.468 e. The van der Waals surface area contributed by atoms with E-state index in [2.05, 4.69) is 10.1 Å². The molecule has 0 aromatic heterocycles. The Bertz CT molecular complexity index is 230. The average Bonchev–Trinajstić information content (AvgIpc) is 2.28. The van der Waals surface area contributed by atoms with Crippen LogP contribution >= 0.6 is 24.2 Å². The number of rotatable bonds is 8. The van der Waals surface area contributed by atoms with Crippen molar-refractivity contribution in [3.05, 3.63) is 0 Å². The molecule has 0 saturated heterocycles. The monoisotopic (exact) mass is 284 g/mol. The number of esters is 1. The van der Waals surface area contributed by atoms with Crippen molar-refractivity contribution < 1.29 is 14.3 Å². The van der Waals surface area contributed by atoms with E-state index in [9.17, 15) is 9.59 Å². The van der Waals surface area contributed by atoms with E-state index in [-0.39, 0.29) is 24.3 Å². The molecule has 0 fully saturated rings. The summed E-state index contributed by atoms with van der Waals surface area (Å²) in [4.78, 5) is 22.1.